The Balaban J connectivity index is 1.54. The molecule has 2 heterocycles. The van der Waals surface area contributed by atoms with Crippen molar-refractivity contribution in [3.05, 3.63) is 0 Å². The van der Waals surface area contributed by atoms with Crippen molar-refractivity contribution in [2.24, 2.45) is 70.5 Å². The molecular formula is C50H86O12Si3. The number of carboxylic acid groups (broad SMARTS) is 1. The fourth-order valence-corrected chi connectivity index (χ4v) is 28.6. The Kier molecular flexibility index (Phi) is 18.3. The lowest BCUT2D eigenvalue weighted by Gasteiger charge is -2.41. The highest BCUT2D eigenvalue weighted by Crippen LogP contribution is 2.60. The van der Waals surface area contributed by atoms with Crippen LogP contribution in [0.1, 0.15) is 141 Å². The first kappa shape index (κ1) is 55.2. The van der Waals surface area contributed by atoms with Crippen molar-refractivity contribution in [2.45, 2.75) is 201 Å². The summed E-state index contributed by atoms with van der Waals surface area (Å²) < 4.78 is 30.3. The third-order valence-corrected chi connectivity index (χ3v) is 29.6. The van der Waals surface area contributed by atoms with Crippen LogP contribution in [0.25, 0.3) is 0 Å². The van der Waals surface area contributed by atoms with E-state index in [1.54, 1.807) is 41.5 Å². The second-order valence-corrected chi connectivity index (χ2v) is 34.8. The first-order valence-corrected chi connectivity index (χ1v) is 32.4. The van der Waals surface area contributed by atoms with Crippen molar-refractivity contribution < 1.29 is 57.2 Å². The van der Waals surface area contributed by atoms with E-state index in [0.717, 1.165) is 19.4 Å². The van der Waals surface area contributed by atoms with E-state index in [0.29, 0.717) is 37.0 Å². The lowest BCUT2D eigenvalue weighted by Crippen LogP contribution is -2.47. The highest BCUT2D eigenvalue weighted by atomic mass is 28.4. The number of cyclic esters (lactones) is 2. The van der Waals surface area contributed by atoms with Crippen LogP contribution in [0.5, 0.6) is 0 Å². The van der Waals surface area contributed by atoms with E-state index in [1.807, 2.05) is 27.7 Å². The third-order valence-electron chi connectivity index (χ3n) is 15.5. The molecule has 2 aliphatic carbocycles. The fourth-order valence-electron chi connectivity index (χ4n) is 12.2. The van der Waals surface area contributed by atoms with Gasteiger partial charge in [0.1, 0.15) is 16.8 Å². The molecule has 15 heteroatoms. The lowest BCUT2D eigenvalue weighted by atomic mass is 9.62. The van der Waals surface area contributed by atoms with Gasteiger partial charge in [-0.25, -0.2) is 0 Å². The van der Waals surface area contributed by atoms with Gasteiger partial charge < -0.3 is 28.5 Å². The first-order chi connectivity index (χ1) is 29.8. The van der Waals surface area contributed by atoms with Crippen LogP contribution in [0.4, 0.5) is 0 Å². The quantitative estimate of drug-likeness (QED) is 0.0531. The van der Waals surface area contributed by atoms with Crippen molar-refractivity contribution in [3.63, 3.8) is 0 Å². The first-order valence-electron chi connectivity index (χ1n) is 24.8. The summed E-state index contributed by atoms with van der Waals surface area (Å²) >= 11 is 0. The van der Waals surface area contributed by atoms with Crippen LogP contribution in [0.3, 0.4) is 0 Å². The van der Waals surface area contributed by atoms with Crippen molar-refractivity contribution >= 4 is 61.7 Å². The topological polar surface area (TPSA) is 169 Å². The maximum atomic E-state index is 14.4. The van der Waals surface area contributed by atoms with Gasteiger partial charge in [-0.05, 0) is 161 Å². The van der Waals surface area contributed by atoms with Crippen LogP contribution in [0.2, 0.25) is 43.1 Å². The van der Waals surface area contributed by atoms with Gasteiger partial charge in [-0.3, -0.25) is 28.8 Å². The molecule has 2 saturated heterocycles. The third kappa shape index (κ3) is 14.3. The van der Waals surface area contributed by atoms with Crippen LogP contribution < -0.4 is 0 Å². The largest absolute Gasteiger partial charge is 0.481 e. The standard InChI is InChI=1S/C50H86O12Si3/c1-17-31(4)41(51)61-48(9,10)19-20-49(11,12)62-42(52)33(18-2)23-50(13,46(56)57)24-37(43(53)60-47(6,7)8)39-40(45(55)59-44(39)54)38-32(5)36-22-34(38)21-35(36)25-58-65(16)27-30(3)26-63(14)28-64(15)29-65/h30-40H,17-29H2,1-16H3,(H,56,57). The van der Waals surface area contributed by atoms with Gasteiger partial charge in [0, 0.05) is 24.2 Å². The van der Waals surface area contributed by atoms with Gasteiger partial charge in [0.15, 0.2) is 8.32 Å². The van der Waals surface area contributed by atoms with Crippen LogP contribution in [0, 0.1) is 70.5 Å². The number of fused-ring (bicyclic) bond motifs is 2. The number of esters is 5. The number of aliphatic carboxylic acids is 1. The SMILES string of the molecule is CCC(C)C(=O)OC(C)(C)CCC(C)(C)OC(=O)C(CC)CC(C)(CC(C(=O)OC(C)(C)C)C1C(=O)OC(=O)C1C1C2CC(CO[Si]3(C)CC(C)C[Si](C)C[Si](C)C3)C(C2)C1C)C(=O)O. The zero-order chi connectivity index (χ0) is 49.2. The molecule has 0 aromatic carbocycles. The van der Waals surface area contributed by atoms with Crippen molar-refractivity contribution in [1.82, 2.24) is 0 Å². The molecule has 370 valence electrons. The van der Waals surface area contributed by atoms with E-state index in [9.17, 15) is 33.9 Å². The molecule has 4 aliphatic rings. The van der Waals surface area contributed by atoms with Crippen molar-refractivity contribution in [1.29, 1.82) is 0 Å². The summed E-state index contributed by atoms with van der Waals surface area (Å²) in [6.45, 7) is 32.1. The molecule has 13 unspecified atom stereocenters. The van der Waals surface area contributed by atoms with E-state index in [-0.39, 0.29) is 57.7 Å². The number of ether oxygens (including phenoxy) is 4. The summed E-state index contributed by atoms with van der Waals surface area (Å²) in [5, 5.41) is 11.0. The number of hydrogen-bond acceptors (Lipinski definition) is 11. The normalized spacial score (nSPS) is 31.6. The summed E-state index contributed by atoms with van der Waals surface area (Å²) in [5.74, 6) is -7.64. The molecule has 2 radical (unpaired) electrons. The molecule has 13 atom stereocenters. The molecule has 65 heavy (non-hydrogen) atoms. The lowest BCUT2D eigenvalue weighted by molar-refractivity contribution is -0.173. The molecule has 2 saturated carbocycles. The average Bonchev–Trinajstić information content (AvgIpc) is 3.81. The van der Waals surface area contributed by atoms with Gasteiger partial charge >= 0.3 is 35.8 Å². The maximum Gasteiger partial charge on any atom is 0.318 e. The van der Waals surface area contributed by atoms with Crippen LogP contribution >= 0.6 is 0 Å². The summed E-state index contributed by atoms with van der Waals surface area (Å²) in [6, 6.07) is 2.58. The second-order valence-electron chi connectivity index (χ2n) is 24.1. The molecule has 2 aliphatic heterocycles. The smallest absolute Gasteiger partial charge is 0.318 e. The molecule has 12 nitrogen and oxygen atoms in total. The molecule has 0 aromatic rings. The summed E-state index contributed by atoms with van der Waals surface area (Å²) in [6.07, 6.45) is 2.97. The number of rotatable bonds is 20. The molecular weight excluding hydrogens is 877 g/mol. The van der Waals surface area contributed by atoms with E-state index in [1.165, 1.54) is 30.3 Å². The molecule has 0 aromatic heterocycles. The van der Waals surface area contributed by atoms with Gasteiger partial charge in [0.2, 0.25) is 0 Å². The Morgan fingerprint density at radius 1 is 0.831 bits per heavy atom. The summed E-state index contributed by atoms with van der Waals surface area (Å²) in [7, 11) is -2.59. The predicted octanol–water partition coefficient (Wildman–Crippen LogP) is 10.1. The highest BCUT2D eigenvalue weighted by molar-refractivity contribution is 6.89. The molecule has 2 bridgehead atoms. The minimum Gasteiger partial charge on any atom is -0.481 e. The molecule has 4 fully saturated rings. The second kappa shape index (κ2) is 21.5. The van der Waals surface area contributed by atoms with Crippen LogP contribution in [0.15, 0.2) is 0 Å². The van der Waals surface area contributed by atoms with Crippen LogP contribution in [-0.4, -0.2) is 90.2 Å². The van der Waals surface area contributed by atoms with Crippen molar-refractivity contribution in [3.8, 4) is 0 Å². The van der Waals surface area contributed by atoms with Gasteiger partial charge in [-0.1, -0.05) is 59.4 Å². The predicted molar refractivity (Wildman–Crippen MR) is 257 cm³/mol. The van der Waals surface area contributed by atoms with Crippen molar-refractivity contribution in [2.75, 3.05) is 6.61 Å². The number of carbonyl (C=O) groups is 6. The van der Waals surface area contributed by atoms with Gasteiger partial charge in [-0.15, -0.1) is 0 Å². The van der Waals surface area contributed by atoms with E-state index in [4.69, 9.17) is 23.4 Å². The minimum atomic E-state index is -1.90. The zero-order valence-electron chi connectivity index (χ0n) is 43.0. The molecule has 0 spiro atoms. The summed E-state index contributed by atoms with van der Waals surface area (Å²) in [5.41, 5.74) is -1.72. The molecule has 1 N–H and O–H groups in total. The van der Waals surface area contributed by atoms with E-state index < -0.39 is 92.9 Å². The number of carbonyl (C=O) groups excluding carboxylic acids is 5. The number of hydrogen-bond donors (Lipinski definition) is 1. The molecule has 0 amide bonds. The van der Waals surface area contributed by atoms with E-state index in [2.05, 4.69) is 33.5 Å². The molecule has 4 rings (SSSR count). The van der Waals surface area contributed by atoms with Gasteiger partial charge in [0.25, 0.3) is 0 Å². The Hall–Kier alpha value is -2.37. The fraction of sp³-hybridized carbons (Fsp3) is 0.880. The minimum absolute atomic E-state index is 0.0559. The Labute approximate surface area is 395 Å². The summed E-state index contributed by atoms with van der Waals surface area (Å²) in [4.78, 5) is 82.3. The zero-order valence-corrected chi connectivity index (χ0v) is 46.0. The van der Waals surface area contributed by atoms with Gasteiger partial charge in [0.05, 0.1) is 35.0 Å². The average molecular weight is 963 g/mol. The number of carboxylic acids is 1. The monoisotopic (exact) mass is 963 g/mol. The Morgan fingerprint density at radius 2 is 1.43 bits per heavy atom. The van der Waals surface area contributed by atoms with Crippen LogP contribution in [-0.2, 0) is 52.1 Å². The maximum absolute atomic E-state index is 14.4. The highest BCUT2D eigenvalue weighted by Gasteiger charge is 2.63. The Bertz CT molecular complexity index is 1710. The van der Waals surface area contributed by atoms with Gasteiger partial charge in [-0.2, -0.15) is 0 Å². The van der Waals surface area contributed by atoms with E-state index >= 15 is 0 Å². The Morgan fingerprint density at radius 3 is 1.97 bits per heavy atom.